The van der Waals surface area contributed by atoms with Crippen LogP contribution in [0.5, 0.6) is 0 Å². The van der Waals surface area contributed by atoms with E-state index in [1.807, 2.05) is 0 Å². The molecule has 2 bridgehead atoms. The third-order valence-corrected chi connectivity index (χ3v) is 4.28. The Labute approximate surface area is 87.2 Å². The first kappa shape index (κ1) is 10.4. The molecule has 0 aliphatic heterocycles. The van der Waals surface area contributed by atoms with Gasteiger partial charge in [0.2, 0.25) is 0 Å². The van der Waals surface area contributed by atoms with E-state index in [0.29, 0.717) is 0 Å². The van der Waals surface area contributed by atoms with Crippen molar-refractivity contribution in [2.24, 2.45) is 17.6 Å². The second kappa shape index (κ2) is 4.19. The van der Waals surface area contributed by atoms with Crippen molar-refractivity contribution < 1.29 is 4.74 Å². The maximum atomic E-state index is 6.47. The molecule has 2 heteroatoms. The standard InChI is InChI=1S/C12H23NO/c1-2-14-8-5-11-9-10-3-6-12(11,13)7-4-10/h10-11H,2-9,13H2,1H3. The molecular formula is C12H23NO. The molecule has 0 heterocycles. The quantitative estimate of drug-likeness (QED) is 0.702. The summed E-state index contributed by atoms with van der Waals surface area (Å²) in [6.07, 6.45) is 7.82. The molecule has 0 aromatic carbocycles. The summed E-state index contributed by atoms with van der Waals surface area (Å²) in [6.45, 7) is 3.81. The third kappa shape index (κ3) is 1.96. The van der Waals surface area contributed by atoms with Crippen LogP contribution in [0.2, 0.25) is 0 Å². The zero-order chi connectivity index (χ0) is 10.0. The number of hydrogen-bond donors (Lipinski definition) is 1. The van der Waals surface area contributed by atoms with Crippen molar-refractivity contribution in [1.29, 1.82) is 0 Å². The Morgan fingerprint density at radius 2 is 2.07 bits per heavy atom. The van der Waals surface area contributed by atoms with Gasteiger partial charge in [0, 0.05) is 18.8 Å². The smallest absolute Gasteiger partial charge is 0.0469 e. The zero-order valence-electron chi connectivity index (χ0n) is 9.30. The van der Waals surface area contributed by atoms with Gasteiger partial charge < -0.3 is 10.5 Å². The van der Waals surface area contributed by atoms with Gasteiger partial charge >= 0.3 is 0 Å². The molecule has 0 saturated heterocycles. The van der Waals surface area contributed by atoms with Crippen LogP contribution in [0.4, 0.5) is 0 Å². The lowest BCUT2D eigenvalue weighted by Crippen LogP contribution is -2.54. The fourth-order valence-electron chi connectivity index (χ4n) is 3.27. The Bertz CT molecular complexity index is 185. The van der Waals surface area contributed by atoms with Gasteiger partial charge in [0.15, 0.2) is 0 Å². The zero-order valence-corrected chi connectivity index (χ0v) is 9.30. The minimum Gasteiger partial charge on any atom is -0.382 e. The maximum absolute atomic E-state index is 6.47. The van der Waals surface area contributed by atoms with Crippen molar-refractivity contribution in [2.45, 2.75) is 51.0 Å². The number of hydrogen-bond acceptors (Lipinski definition) is 2. The summed E-state index contributed by atoms with van der Waals surface area (Å²) < 4.78 is 5.43. The first-order valence-corrected chi connectivity index (χ1v) is 6.11. The van der Waals surface area contributed by atoms with Crippen LogP contribution in [0.15, 0.2) is 0 Å². The van der Waals surface area contributed by atoms with E-state index >= 15 is 0 Å². The van der Waals surface area contributed by atoms with Crippen molar-refractivity contribution in [3.05, 3.63) is 0 Å². The Kier molecular flexibility index (Phi) is 3.13. The summed E-state index contributed by atoms with van der Waals surface area (Å²) in [6, 6.07) is 0. The molecule has 3 fully saturated rings. The average Bonchev–Trinajstić information content (AvgIpc) is 2.20. The van der Waals surface area contributed by atoms with E-state index in [9.17, 15) is 0 Å². The first-order chi connectivity index (χ1) is 6.74. The molecule has 3 aliphatic carbocycles. The second-order valence-electron chi connectivity index (χ2n) is 5.09. The van der Waals surface area contributed by atoms with Crippen LogP contribution in [0.25, 0.3) is 0 Å². The van der Waals surface area contributed by atoms with Gasteiger partial charge in [0.25, 0.3) is 0 Å². The topological polar surface area (TPSA) is 35.2 Å². The van der Waals surface area contributed by atoms with Gasteiger partial charge in [-0.15, -0.1) is 0 Å². The van der Waals surface area contributed by atoms with Crippen molar-refractivity contribution >= 4 is 0 Å². The van der Waals surface area contributed by atoms with Crippen LogP contribution in [-0.4, -0.2) is 18.8 Å². The molecule has 0 spiro atoms. The summed E-state index contributed by atoms with van der Waals surface area (Å²) in [5, 5.41) is 0. The highest BCUT2D eigenvalue weighted by molar-refractivity contribution is 5.01. The summed E-state index contributed by atoms with van der Waals surface area (Å²) in [5.41, 5.74) is 6.64. The molecule has 3 rings (SSSR count). The molecule has 2 nitrogen and oxygen atoms in total. The van der Waals surface area contributed by atoms with Crippen LogP contribution in [-0.2, 0) is 4.74 Å². The minimum atomic E-state index is 0.172. The number of fused-ring (bicyclic) bond motifs is 3. The van der Waals surface area contributed by atoms with Crippen molar-refractivity contribution in [3.63, 3.8) is 0 Å². The Morgan fingerprint density at radius 1 is 1.36 bits per heavy atom. The van der Waals surface area contributed by atoms with E-state index < -0.39 is 0 Å². The summed E-state index contributed by atoms with van der Waals surface area (Å²) in [5.74, 6) is 1.72. The van der Waals surface area contributed by atoms with Crippen LogP contribution in [0.1, 0.15) is 45.4 Å². The fourth-order valence-corrected chi connectivity index (χ4v) is 3.27. The van der Waals surface area contributed by atoms with Gasteiger partial charge in [-0.25, -0.2) is 0 Å². The molecule has 0 radical (unpaired) electrons. The van der Waals surface area contributed by atoms with E-state index in [-0.39, 0.29) is 5.54 Å². The Balaban J connectivity index is 1.86. The summed E-state index contributed by atoms with van der Waals surface area (Å²) in [7, 11) is 0. The lowest BCUT2D eigenvalue weighted by atomic mass is 9.59. The highest BCUT2D eigenvalue weighted by atomic mass is 16.5. The number of nitrogens with two attached hydrogens (primary N) is 1. The van der Waals surface area contributed by atoms with Crippen LogP contribution >= 0.6 is 0 Å². The Morgan fingerprint density at radius 3 is 2.64 bits per heavy atom. The molecule has 0 amide bonds. The summed E-state index contributed by atoms with van der Waals surface area (Å²) in [4.78, 5) is 0. The van der Waals surface area contributed by atoms with Crippen molar-refractivity contribution in [3.8, 4) is 0 Å². The first-order valence-electron chi connectivity index (χ1n) is 6.11. The van der Waals surface area contributed by atoms with Crippen LogP contribution < -0.4 is 5.73 Å². The molecule has 3 aliphatic rings. The molecule has 1 atom stereocenters. The molecule has 14 heavy (non-hydrogen) atoms. The van der Waals surface area contributed by atoms with Gasteiger partial charge in [0.1, 0.15) is 0 Å². The SMILES string of the molecule is CCOCCC1CC2CCC1(N)CC2. The maximum Gasteiger partial charge on any atom is 0.0469 e. The molecule has 0 aromatic heterocycles. The van der Waals surface area contributed by atoms with E-state index in [1.165, 1.54) is 38.5 Å². The molecule has 82 valence electrons. The highest BCUT2D eigenvalue weighted by Gasteiger charge is 2.44. The van der Waals surface area contributed by atoms with Gasteiger partial charge in [-0.05, 0) is 57.3 Å². The van der Waals surface area contributed by atoms with Gasteiger partial charge in [-0.1, -0.05) is 0 Å². The van der Waals surface area contributed by atoms with Crippen molar-refractivity contribution in [2.75, 3.05) is 13.2 Å². The molecule has 3 saturated carbocycles. The molecule has 0 aromatic rings. The van der Waals surface area contributed by atoms with Crippen LogP contribution in [0.3, 0.4) is 0 Å². The van der Waals surface area contributed by atoms with Gasteiger partial charge in [-0.3, -0.25) is 0 Å². The lowest BCUT2D eigenvalue weighted by Gasteiger charge is -2.50. The molecule has 1 unspecified atom stereocenters. The number of rotatable bonds is 4. The van der Waals surface area contributed by atoms with E-state index in [0.717, 1.165) is 25.0 Å². The predicted molar refractivity (Wildman–Crippen MR) is 58.1 cm³/mol. The highest BCUT2D eigenvalue weighted by Crippen LogP contribution is 2.47. The van der Waals surface area contributed by atoms with E-state index in [1.54, 1.807) is 0 Å². The molecule has 2 N–H and O–H groups in total. The minimum absolute atomic E-state index is 0.172. The fraction of sp³-hybridized carbons (Fsp3) is 1.00. The van der Waals surface area contributed by atoms with E-state index in [2.05, 4.69) is 6.92 Å². The molecular weight excluding hydrogens is 174 g/mol. The lowest BCUT2D eigenvalue weighted by molar-refractivity contribution is 0.0371. The van der Waals surface area contributed by atoms with Crippen LogP contribution in [0, 0.1) is 11.8 Å². The Hall–Kier alpha value is -0.0800. The largest absolute Gasteiger partial charge is 0.382 e. The second-order valence-corrected chi connectivity index (χ2v) is 5.09. The van der Waals surface area contributed by atoms with Crippen molar-refractivity contribution in [1.82, 2.24) is 0 Å². The monoisotopic (exact) mass is 197 g/mol. The van der Waals surface area contributed by atoms with Gasteiger partial charge in [0.05, 0.1) is 0 Å². The average molecular weight is 197 g/mol. The van der Waals surface area contributed by atoms with E-state index in [4.69, 9.17) is 10.5 Å². The normalized spacial score (nSPS) is 41.6. The van der Waals surface area contributed by atoms with Gasteiger partial charge in [-0.2, -0.15) is 0 Å². The number of ether oxygens (including phenoxy) is 1. The predicted octanol–water partition coefficient (Wildman–Crippen LogP) is 2.32. The third-order valence-electron chi connectivity index (χ3n) is 4.28. The summed E-state index contributed by atoms with van der Waals surface area (Å²) >= 11 is 0.